The van der Waals surface area contributed by atoms with Crippen LogP contribution in [-0.2, 0) is 14.8 Å². The number of hydrogen-bond donors (Lipinski definition) is 1. The summed E-state index contributed by atoms with van der Waals surface area (Å²) in [4.78, 5) is 13.6. The first-order chi connectivity index (χ1) is 7.64. The van der Waals surface area contributed by atoms with Crippen LogP contribution in [0.15, 0.2) is 23.4 Å². The van der Waals surface area contributed by atoms with E-state index in [1.54, 1.807) is 12.3 Å². The summed E-state index contributed by atoms with van der Waals surface area (Å²) in [6, 6.07) is 1.54. The summed E-state index contributed by atoms with van der Waals surface area (Å²) in [5.41, 5.74) is 0. The second-order valence-electron chi connectivity index (χ2n) is 3.92. The zero-order valence-corrected chi connectivity index (χ0v) is 9.61. The van der Waals surface area contributed by atoms with Crippen LogP contribution in [0, 0.1) is 5.92 Å². The third-order valence-corrected chi connectivity index (χ3v) is 4.79. The number of piperidine rings is 1. The standard InChI is InChI=1S/C10H14N2O3S/c13-8-9-2-5-12(6-3-9)16(14,15)10-1-4-11-7-10/h1,4,7-9,11H,2-3,5-6H2. The van der Waals surface area contributed by atoms with Crippen molar-refractivity contribution in [3.63, 3.8) is 0 Å². The Hall–Kier alpha value is -1.14. The molecule has 0 spiro atoms. The van der Waals surface area contributed by atoms with Gasteiger partial charge < -0.3 is 9.78 Å². The molecule has 0 aromatic carbocycles. The van der Waals surface area contributed by atoms with Crippen molar-refractivity contribution in [3.05, 3.63) is 18.5 Å². The molecule has 1 aliphatic rings. The molecule has 1 aliphatic heterocycles. The fraction of sp³-hybridized carbons (Fsp3) is 0.500. The summed E-state index contributed by atoms with van der Waals surface area (Å²) in [7, 11) is -3.36. The zero-order chi connectivity index (χ0) is 11.6. The van der Waals surface area contributed by atoms with E-state index in [0.29, 0.717) is 25.9 Å². The zero-order valence-electron chi connectivity index (χ0n) is 8.80. The number of carbonyl (C=O) groups is 1. The summed E-state index contributed by atoms with van der Waals surface area (Å²) >= 11 is 0. The van der Waals surface area contributed by atoms with Crippen molar-refractivity contribution < 1.29 is 13.2 Å². The first-order valence-electron chi connectivity index (χ1n) is 5.23. The fourth-order valence-electron chi connectivity index (χ4n) is 1.87. The number of hydrogen-bond acceptors (Lipinski definition) is 3. The summed E-state index contributed by atoms with van der Waals surface area (Å²) in [5, 5.41) is 0. The molecule has 0 unspecified atom stereocenters. The molecule has 5 nitrogen and oxygen atoms in total. The van der Waals surface area contributed by atoms with Gasteiger partial charge in [-0.15, -0.1) is 0 Å². The number of nitrogens with zero attached hydrogens (tertiary/aromatic N) is 1. The van der Waals surface area contributed by atoms with E-state index in [9.17, 15) is 13.2 Å². The number of sulfonamides is 1. The predicted molar refractivity (Wildman–Crippen MR) is 58.3 cm³/mol. The molecular formula is C10H14N2O3S. The summed E-state index contributed by atoms with van der Waals surface area (Å²) < 4.78 is 25.6. The molecule has 1 N–H and O–H groups in total. The highest BCUT2D eigenvalue weighted by atomic mass is 32.2. The van der Waals surface area contributed by atoms with E-state index < -0.39 is 10.0 Å². The predicted octanol–water partition coefficient (Wildman–Crippen LogP) is 0.614. The maximum atomic E-state index is 12.1. The molecular weight excluding hydrogens is 228 g/mol. The topological polar surface area (TPSA) is 70.2 Å². The molecule has 1 saturated heterocycles. The van der Waals surface area contributed by atoms with Gasteiger partial charge in [-0.1, -0.05) is 0 Å². The van der Waals surface area contributed by atoms with E-state index in [2.05, 4.69) is 4.98 Å². The van der Waals surface area contributed by atoms with E-state index >= 15 is 0 Å². The van der Waals surface area contributed by atoms with Crippen LogP contribution < -0.4 is 0 Å². The largest absolute Gasteiger partial charge is 0.366 e. The summed E-state index contributed by atoms with van der Waals surface area (Å²) in [6.45, 7) is 0.855. The number of nitrogens with one attached hydrogen (secondary N) is 1. The van der Waals surface area contributed by atoms with Gasteiger partial charge in [-0.2, -0.15) is 4.31 Å². The van der Waals surface area contributed by atoms with E-state index in [4.69, 9.17) is 0 Å². The van der Waals surface area contributed by atoms with Crippen LogP contribution in [-0.4, -0.2) is 37.1 Å². The maximum absolute atomic E-state index is 12.1. The van der Waals surface area contributed by atoms with Crippen LogP contribution in [0.2, 0.25) is 0 Å². The number of H-pyrrole nitrogens is 1. The van der Waals surface area contributed by atoms with Gasteiger partial charge in [0.1, 0.15) is 6.29 Å². The molecule has 6 heteroatoms. The molecule has 88 valence electrons. The third kappa shape index (κ3) is 2.03. The smallest absolute Gasteiger partial charge is 0.244 e. The monoisotopic (exact) mass is 242 g/mol. The van der Waals surface area contributed by atoms with Crippen LogP contribution in [0.5, 0.6) is 0 Å². The minimum absolute atomic E-state index is 0.0117. The van der Waals surface area contributed by atoms with E-state index in [0.717, 1.165) is 6.29 Å². The van der Waals surface area contributed by atoms with Crippen LogP contribution in [0.25, 0.3) is 0 Å². The molecule has 0 amide bonds. The molecule has 0 saturated carbocycles. The van der Waals surface area contributed by atoms with Crippen LogP contribution in [0.1, 0.15) is 12.8 Å². The van der Waals surface area contributed by atoms with Gasteiger partial charge in [-0.05, 0) is 18.9 Å². The Labute approximate surface area is 94.5 Å². The van der Waals surface area contributed by atoms with Gasteiger partial charge in [0.25, 0.3) is 0 Å². The third-order valence-electron chi connectivity index (χ3n) is 2.90. The first-order valence-corrected chi connectivity index (χ1v) is 6.67. The van der Waals surface area contributed by atoms with Crippen molar-refractivity contribution in [2.45, 2.75) is 17.7 Å². The molecule has 2 heterocycles. The summed E-state index contributed by atoms with van der Waals surface area (Å²) in [5.74, 6) is 0.0117. The lowest BCUT2D eigenvalue weighted by Crippen LogP contribution is -2.38. The fourth-order valence-corrected chi connectivity index (χ4v) is 3.32. The normalized spacial score (nSPS) is 19.8. The molecule has 16 heavy (non-hydrogen) atoms. The van der Waals surface area contributed by atoms with Crippen molar-refractivity contribution in [2.75, 3.05) is 13.1 Å². The van der Waals surface area contributed by atoms with E-state index in [1.165, 1.54) is 10.5 Å². The molecule has 0 atom stereocenters. The highest BCUT2D eigenvalue weighted by Gasteiger charge is 2.29. The Morgan fingerprint density at radius 3 is 2.56 bits per heavy atom. The van der Waals surface area contributed by atoms with Crippen molar-refractivity contribution >= 4 is 16.3 Å². The van der Waals surface area contributed by atoms with Crippen LogP contribution >= 0.6 is 0 Å². The Morgan fingerprint density at radius 2 is 2.06 bits per heavy atom. The van der Waals surface area contributed by atoms with E-state index in [1.807, 2.05) is 0 Å². The molecule has 1 aromatic rings. The molecule has 1 aromatic heterocycles. The van der Waals surface area contributed by atoms with Crippen LogP contribution in [0.4, 0.5) is 0 Å². The van der Waals surface area contributed by atoms with Crippen LogP contribution in [0.3, 0.4) is 0 Å². The lowest BCUT2D eigenvalue weighted by Gasteiger charge is -2.28. The van der Waals surface area contributed by atoms with E-state index in [-0.39, 0.29) is 10.8 Å². The van der Waals surface area contributed by atoms with Gasteiger partial charge in [0.15, 0.2) is 0 Å². The molecule has 0 bridgehead atoms. The quantitative estimate of drug-likeness (QED) is 0.790. The molecule has 1 fully saturated rings. The van der Waals surface area contributed by atoms with Gasteiger partial charge in [0.05, 0.1) is 4.90 Å². The Morgan fingerprint density at radius 1 is 1.38 bits per heavy atom. The van der Waals surface area contributed by atoms with Gasteiger partial charge in [0, 0.05) is 31.4 Å². The van der Waals surface area contributed by atoms with Crippen molar-refractivity contribution in [1.29, 1.82) is 0 Å². The minimum Gasteiger partial charge on any atom is -0.366 e. The van der Waals surface area contributed by atoms with Gasteiger partial charge in [-0.3, -0.25) is 0 Å². The van der Waals surface area contributed by atoms with Gasteiger partial charge >= 0.3 is 0 Å². The Balaban J connectivity index is 2.12. The van der Waals surface area contributed by atoms with Gasteiger partial charge in [0.2, 0.25) is 10.0 Å². The average Bonchev–Trinajstić information content (AvgIpc) is 2.83. The molecule has 0 radical (unpaired) electrons. The number of aromatic nitrogens is 1. The number of aldehydes is 1. The van der Waals surface area contributed by atoms with Gasteiger partial charge in [-0.25, -0.2) is 8.42 Å². The maximum Gasteiger partial charge on any atom is 0.244 e. The minimum atomic E-state index is -3.36. The van der Waals surface area contributed by atoms with Crippen molar-refractivity contribution in [1.82, 2.24) is 9.29 Å². The Kier molecular flexibility index (Phi) is 3.11. The average molecular weight is 242 g/mol. The highest BCUT2D eigenvalue weighted by molar-refractivity contribution is 7.89. The number of rotatable bonds is 3. The first kappa shape index (κ1) is 11.3. The SMILES string of the molecule is O=CC1CCN(S(=O)(=O)c2cc[nH]c2)CC1. The number of aromatic amines is 1. The lowest BCUT2D eigenvalue weighted by atomic mass is 10.0. The van der Waals surface area contributed by atoms with Crippen molar-refractivity contribution in [2.24, 2.45) is 5.92 Å². The van der Waals surface area contributed by atoms with Crippen molar-refractivity contribution in [3.8, 4) is 0 Å². The molecule has 0 aliphatic carbocycles. The highest BCUT2D eigenvalue weighted by Crippen LogP contribution is 2.22. The second-order valence-corrected chi connectivity index (χ2v) is 5.86. The number of carbonyl (C=O) groups excluding carboxylic acids is 1. The Bertz CT molecular complexity index is 444. The second kappa shape index (κ2) is 4.39. The summed E-state index contributed by atoms with van der Waals surface area (Å²) in [6.07, 6.45) is 5.22. The molecule has 2 rings (SSSR count). The lowest BCUT2D eigenvalue weighted by molar-refractivity contribution is -0.112.